The normalized spacial score (nSPS) is 11.6. The number of hydrogen-bond acceptors (Lipinski definition) is 5. The summed E-state index contributed by atoms with van der Waals surface area (Å²) in [5.74, 6) is 0. The van der Waals surface area contributed by atoms with E-state index in [1.807, 2.05) is 60.0 Å². The van der Waals surface area contributed by atoms with Crippen LogP contribution in [0.25, 0.3) is 33.1 Å². The fraction of sp³-hybridized carbons (Fsp3) is 0.0500. The maximum atomic E-state index is 11.8. The van der Waals surface area contributed by atoms with Crippen molar-refractivity contribution in [2.75, 3.05) is 0 Å². The van der Waals surface area contributed by atoms with Crippen LogP contribution in [0.1, 0.15) is 10.6 Å². The van der Waals surface area contributed by atoms with E-state index in [4.69, 9.17) is 0 Å². The predicted molar refractivity (Wildman–Crippen MR) is 108 cm³/mol. The van der Waals surface area contributed by atoms with Crippen LogP contribution in [-0.2, 0) is 7.05 Å². The van der Waals surface area contributed by atoms with E-state index in [2.05, 4.69) is 11.1 Å². The Morgan fingerprint density at radius 3 is 2.81 bits per heavy atom. The lowest BCUT2D eigenvalue weighted by Gasteiger charge is -1.98. The van der Waals surface area contributed by atoms with Crippen LogP contribution in [0.3, 0.4) is 0 Å². The SMILES string of the molecule is Cn1c(=O)sc2cc(/C=C(/C#N)c3nc(-c4ccccc4)cs3)ccc21. The van der Waals surface area contributed by atoms with Gasteiger partial charge in [-0.25, -0.2) is 4.98 Å². The number of nitriles is 1. The van der Waals surface area contributed by atoms with E-state index in [0.29, 0.717) is 10.6 Å². The molecule has 0 atom stereocenters. The molecule has 4 nitrogen and oxygen atoms in total. The van der Waals surface area contributed by atoms with Gasteiger partial charge < -0.3 is 4.57 Å². The summed E-state index contributed by atoms with van der Waals surface area (Å²) >= 11 is 2.66. The third kappa shape index (κ3) is 2.99. The monoisotopic (exact) mass is 375 g/mol. The largest absolute Gasteiger partial charge is 0.307 e. The Balaban J connectivity index is 1.73. The van der Waals surface area contributed by atoms with Gasteiger partial charge in [-0.05, 0) is 23.8 Å². The molecule has 0 unspecified atom stereocenters. The number of thiazole rings is 2. The van der Waals surface area contributed by atoms with Crippen LogP contribution < -0.4 is 4.87 Å². The molecule has 26 heavy (non-hydrogen) atoms. The van der Waals surface area contributed by atoms with Crippen LogP contribution in [0.2, 0.25) is 0 Å². The van der Waals surface area contributed by atoms with Gasteiger partial charge in [0.15, 0.2) is 0 Å². The van der Waals surface area contributed by atoms with Crippen molar-refractivity contribution >= 4 is 44.5 Å². The van der Waals surface area contributed by atoms with Crippen LogP contribution in [0, 0.1) is 11.3 Å². The average molecular weight is 375 g/mol. The summed E-state index contributed by atoms with van der Waals surface area (Å²) in [6.07, 6.45) is 1.82. The van der Waals surface area contributed by atoms with Crippen molar-refractivity contribution in [1.82, 2.24) is 9.55 Å². The molecule has 2 heterocycles. The van der Waals surface area contributed by atoms with Gasteiger partial charge in [-0.1, -0.05) is 47.7 Å². The summed E-state index contributed by atoms with van der Waals surface area (Å²) in [5.41, 5.74) is 4.19. The molecular weight excluding hydrogens is 362 g/mol. The Labute approximate surface area is 157 Å². The summed E-state index contributed by atoms with van der Waals surface area (Å²) < 4.78 is 2.54. The number of nitrogens with zero attached hydrogens (tertiary/aromatic N) is 3. The van der Waals surface area contributed by atoms with E-state index in [1.165, 1.54) is 22.7 Å². The van der Waals surface area contributed by atoms with Crippen molar-refractivity contribution < 1.29 is 0 Å². The first kappa shape index (κ1) is 16.5. The number of rotatable bonds is 3. The highest BCUT2D eigenvalue weighted by Gasteiger charge is 2.10. The Bertz CT molecular complexity index is 1220. The first-order valence-corrected chi connectivity index (χ1v) is 9.58. The molecule has 0 spiro atoms. The number of allylic oxidation sites excluding steroid dienone is 1. The van der Waals surface area contributed by atoms with E-state index >= 15 is 0 Å². The van der Waals surface area contributed by atoms with E-state index in [0.717, 1.165) is 27.0 Å². The molecular formula is C20H13N3OS2. The molecule has 0 radical (unpaired) electrons. The molecule has 4 aromatic rings. The second kappa shape index (κ2) is 6.71. The Morgan fingerprint density at radius 1 is 1.23 bits per heavy atom. The van der Waals surface area contributed by atoms with Gasteiger partial charge in [0.05, 0.1) is 21.5 Å². The fourth-order valence-electron chi connectivity index (χ4n) is 2.69. The molecule has 4 rings (SSSR count). The van der Waals surface area contributed by atoms with Crippen molar-refractivity contribution in [1.29, 1.82) is 5.26 Å². The van der Waals surface area contributed by atoms with Crippen molar-refractivity contribution in [2.45, 2.75) is 0 Å². The predicted octanol–water partition coefficient (Wildman–Crippen LogP) is 4.79. The number of benzene rings is 2. The van der Waals surface area contributed by atoms with Crippen LogP contribution in [-0.4, -0.2) is 9.55 Å². The zero-order valence-corrected chi connectivity index (χ0v) is 15.5. The van der Waals surface area contributed by atoms with Crippen molar-refractivity contribution in [3.8, 4) is 17.3 Å². The zero-order chi connectivity index (χ0) is 18.1. The number of aryl methyl sites for hydroxylation is 1. The first-order valence-electron chi connectivity index (χ1n) is 7.88. The summed E-state index contributed by atoms with van der Waals surface area (Å²) in [4.78, 5) is 16.4. The van der Waals surface area contributed by atoms with Crippen molar-refractivity contribution in [3.05, 3.63) is 74.1 Å². The molecule has 2 aromatic carbocycles. The molecule has 6 heteroatoms. The molecule has 126 valence electrons. The minimum absolute atomic E-state index is 0.00839. The molecule has 0 saturated heterocycles. The lowest BCUT2D eigenvalue weighted by molar-refractivity contribution is 0.939. The van der Waals surface area contributed by atoms with Gasteiger partial charge in [-0.15, -0.1) is 11.3 Å². The highest BCUT2D eigenvalue weighted by molar-refractivity contribution is 7.16. The molecule has 0 aliphatic rings. The summed E-state index contributed by atoms with van der Waals surface area (Å²) in [6, 6.07) is 17.9. The van der Waals surface area contributed by atoms with E-state index < -0.39 is 0 Å². The van der Waals surface area contributed by atoms with Crippen LogP contribution in [0.5, 0.6) is 0 Å². The lowest BCUT2D eigenvalue weighted by Crippen LogP contribution is -2.06. The van der Waals surface area contributed by atoms with Crippen molar-refractivity contribution in [2.24, 2.45) is 7.05 Å². The van der Waals surface area contributed by atoms with Gasteiger partial charge in [-0.3, -0.25) is 4.79 Å². The summed E-state index contributed by atoms with van der Waals surface area (Å²) in [5, 5.41) is 12.2. The molecule has 0 bridgehead atoms. The Morgan fingerprint density at radius 2 is 2.04 bits per heavy atom. The van der Waals surface area contributed by atoms with E-state index in [9.17, 15) is 10.1 Å². The van der Waals surface area contributed by atoms with Crippen LogP contribution in [0.15, 0.2) is 58.7 Å². The smallest absolute Gasteiger partial charge is 0.302 e. The highest BCUT2D eigenvalue weighted by Crippen LogP contribution is 2.28. The zero-order valence-electron chi connectivity index (χ0n) is 13.8. The molecule has 0 saturated carbocycles. The third-order valence-corrected chi connectivity index (χ3v) is 5.92. The number of hydrogen-bond donors (Lipinski definition) is 0. The quantitative estimate of drug-likeness (QED) is 0.484. The highest BCUT2D eigenvalue weighted by atomic mass is 32.1. The van der Waals surface area contributed by atoms with Gasteiger partial charge in [0.25, 0.3) is 0 Å². The standard InChI is InChI=1S/C20H13N3OS2/c1-23-17-8-7-13(10-18(17)26-20(23)24)9-15(11-21)19-22-16(12-25-19)14-5-3-2-4-6-14/h2-10,12H,1H3/b15-9-. The topological polar surface area (TPSA) is 58.7 Å². The molecule has 2 aromatic heterocycles. The van der Waals surface area contributed by atoms with Gasteiger partial charge in [-0.2, -0.15) is 5.26 Å². The van der Waals surface area contributed by atoms with Gasteiger partial charge in [0, 0.05) is 18.0 Å². The lowest BCUT2D eigenvalue weighted by atomic mass is 10.1. The molecule has 0 aliphatic heterocycles. The molecule has 0 aliphatic carbocycles. The molecule has 0 N–H and O–H groups in total. The Hall–Kier alpha value is -3.01. The minimum Gasteiger partial charge on any atom is -0.302 e. The maximum Gasteiger partial charge on any atom is 0.307 e. The van der Waals surface area contributed by atoms with E-state index in [1.54, 1.807) is 11.6 Å². The minimum atomic E-state index is 0.00839. The number of fused-ring (bicyclic) bond motifs is 1. The van der Waals surface area contributed by atoms with Crippen molar-refractivity contribution in [3.63, 3.8) is 0 Å². The average Bonchev–Trinajstić information content (AvgIpc) is 3.26. The van der Waals surface area contributed by atoms with Crippen LogP contribution in [0.4, 0.5) is 0 Å². The van der Waals surface area contributed by atoms with Crippen LogP contribution >= 0.6 is 22.7 Å². The molecule has 0 fully saturated rings. The van der Waals surface area contributed by atoms with E-state index in [-0.39, 0.29) is 4.87 Å². The summed E-state index contributed by atoms with van der Waals surface area (Å²) in [6.45, 7) is 0. The Kier molecular flexibility index (Phi) is 4.25. The van der Waals surface area contributed by atoms with Gasteiger partial charge >= 0.3 is 4.87 Å². The second-order valence-electron chi connectivity index (χ2n) is 5.73. The van der Waals surface area contributed by atoms with Gasteiger partial charge in [0.1, 0.15) is 11.1 Å². The third-order valence-electron chi connectivity index (χ3n) is 4.05. The molecule has 0 amide bonds. The fourth-order valence-corrected chi connectivity index (χ4v) is 4.41. The second-order valence-corrected chi connectivity index (χ2v) is 7.58. The van der Waals surface area contributed by atoms with Gasteiger partial charge in [0.2, 0.25) is 0 Å². The first-order chi connectivity index (χ1) is 12.7. The maximum absolute atomic E-state index is 11.8. The number of aromatic nitrogens is 2. The summed E-state index contributed by atoms with van der Waals surface area (Å²) in [7, 11) is 1.76.